The van der Waals surface area contributed by atoms with Crippen molar-refractivity contribution in [2.24, 2.45) is 5.92 Å². The van der Waals surface area contributed by atoms with Gasteiger partial charge in [0.2, 0.25) is 11.7 Å². The molecule has 9 heteroatoms. The van der Waals surface area contributed by atoms with Crippen molar-refractivity contribution in [2.75, 3.05) is 26.0 Å². The van der Waals surface area contributed by atoms with E-state index in [0.29, 0.717) is 29.1 Å². The van der Waals surface area contributed by atoms with Gasteiger partial charge in [-0.25, -0.2) is 0 Å². The fourth-order valence-corrected chi connectivity index (χ4v) is 5.29. The highest BCUT2D eigenvalue weighted by Crippen LogP contribution is 2.56. The van der Waals surface area contributed by atoms with Crippen molar-refractivity contribution >= 4 is 23.1 Å². The molecule has 0 radical (unpaired) electrons. The number of carbonyl (C=O) groups is 2. The van der Waals surface area contributed by atoms with E-state index in [1.807, 2.05) is 4.90 Å². The normalized spacial score (nSPS) is 24.0. The molecule has 2 aromatic carbocycles. The lowest BCUT2D eigenvalue weighted by Gasteiger charge is -2.35. The number of rotatable bonds is 5. The van der Waals surface area contributed by atoms with E-state index in [9.17, 15) is 19.7 Å². The first-order valence-corrected chi connectivity index (χ1v) is 10.4. The number of nitro groups is 1. The maximum absolute atomic E-state index is 13.9. The molecule has 9 nitrogen and oxygen atoms in total. The van der Waals surface area contributed by atoms with Crippen LogP contribution in [0.15, 0.2) is 65.3 Å². The highest BCUT2D eigenvalue weighted by molar-refractivity contribution is 6.11. The molecule has 1 spiro atoms. The summed E-state index contributed by atoms with van der Waals surface area (Å²) < 4.78 is 10.8. The molecule has 168 valence electrons. The lowest BCUT2D eigenvalue weighted by atomic mass is 9.71. The summed E-state index contributed by atoms with van der Waals surface area (Å²) in [6.07, 6.45) is 1.41. The number of hydrogen-bond donors (Lipinski definition) is 1. The van der Waals surface area contributed by atoms with Gasteiger partial charge in [0.05, 0.1) is 24.2 Å². The Hall–Kier alpha value is -3.98. The smallest absolute Gasteiger partial charge is 0.269 e. The fourth-order valence-electron chi connectivity index (χ4n) is 5.29. The Morgan fingerprint density at radius 1 is 1.24 bits per heavy atom. The first-order valence-electron chi connectivity index (χ1n) is 10.4. The van der Waals surface area contributed by atoms with Gasteiger partial charge in [-0.05, 0) is 42.9 Å². The van der Waals surface area contributed by atoms with E-state index >= 15 is 0 Å². The number of benzene rings is 2. The van der Waals surface area contributed by atoms with Crippen LogP contribution in [0.3, 0.4) is 0 Å². The maximum Gasteiger partial charge on any atom is 0.269 e. The van der Waals surface area contributed by atoms with E-state index in [1.54, 1.807) is 49.5 Å². The van der Waals surface area contributed by atoms with Gasteiger partial charge in [0, 0.05) is 35.8 Å². The number of hydrogen-bond acceptors (Lipinski definition) is 7. The Kier molecular flexibility index (Phi) is 4.79. The second-order valence-corrected chi connectivity index (χ2v) is 8.29. The molecule has 1 amide bonds. The molecule has 2 aliphatic heterocycles. The number of nitrogens with one attached hydrogen (secondary N) is 1. The quantitative estimate of drug-likeness (QED) is 0.361. The fraction of sp³-hybridized carbons (Fsp3) is 0.250. The molecule has 3 aromatic rings. The summed E-state index contributed by atoms with van der Waals surface area (Å²) >= 11 is 0. The monoisotopic (exact) mass is 447 g/mol. The highest BCUT2D eigenvalue weighted by atomic mass is 16.6. The third kappa shape index (κ3) is 2.96. The Morgan fingerprint density at radius 3 is 2.76 bits per heavy atom. The van der Waals surface area contributed by atoms with Crippen LogP contribution in [0, 0.1) is 16.0 Å². The summed E-state index contributed by atoms with van der Waals surface area (Å²) in [6, 6.07) is 14.7. The topological polar surface area (TPSA) is 115 Å². The molecule has 3 heterocycles. The predicted molar refractivity (Wildman–Crippen MR) is 118 cm³/mol. The molecule has 0 aliphatic carbocycles. The number of nitrogens with zero attached hydrogens (tertiary/aromatic N) is 2. The largest absolute Gasteiger partial charge is 0.497 e. The van der Waals surface area contributed by atoms with E-state index in [2.05, 4.69) is 5.32 Å². The van der Waals surface area contributed by atoms with Gasteiger partial charge in [0.25, 0.3) is 5.69 Å². The van der Waals surface area contributed by atoms with Crippen molar-refractivity contribution in [2.45, 2.75) is 11.5 Å². The Morgan fingerprint density at radius 2 is 2.06 bits per heavy atom. The number of amides is 1. The van der Waals surface area contributed by atoms with Crippen molar-refractivity contribution in [3.63, 3.8) is 0 Å². The second kappa shape index (κ2) is 7.56. The van der Waals surface area contributed by atoms with Crippen LogP contribution in [0.5, 0.6) is 5.75 Å². The Bertz CT molecular complexity index is 1270. The van der Waals surface area contributed by atoms with Crippen molar-refractivity contribution in [3.8, 4) is 5.75 Å². The lowest BCUT2D eigenvalue weighted by Crippen LogP contribution is -2.51. The van der Waals surface area contributed by atoms with Gasteiger partial charge in [0.1, 0.15) is 11.3 Å². The molecule has 1 saturated heterocycles. The third-order valence-corrected chi connectivity index (χ3v) is 6.71. The zero-order chi connectivity index (χ0) is 23.3. The first kappa shape index (κ1) is 20.9. The number of anilines is 1. The van der Waals surface area contributed by atoms with Crippen LogP contribution in [-0.4, -0.2) is 42.2 Å². The van der Waals surface area contributed by atoms with Crippen molar-refractivity contribution in [1.82, 2.24) is 4.90 Å². The van der Waals surface area contributed by atoms with Gasteiger partial charge in [-0.3, -0.25) is 24.6 Å². The first-order chi connectivity index (χ1) is 15.9. The molecule has 1 N–H and O–H groups in total. The Balaban J connectivity index is 1.74. The van der Waals surface area contributed by atoms with Crippen molar-refractivity contribution in [1.29, 1.82) is 0 Å². The van der Waals surface area contributed by atoms with Crippen LogP contribution < -0.4 is 10.1 Å². The number of ether oxygens (including phenoxy) is 1. The number of Topliss-reactive ketones (excluding diaryl/α,β-unsaturated/α-hetero) is 1. The molecule has 0 saturated carbocycles. The number of likely N-dealkylation sites (tertiary alicyclic amines) is 1. The maximum atomic E-state index is 13.9. The number of ketones is 1. The molecule has 33 heavy (non-hydrogen) atoms. The van der Waals surface area contributed by atoms with Gasteiger partial charge in [-0.2, -0.15) is 0 Å². The molecule has 5 rings (SSSR count). The number of methoxy groups -OCH3 is 1. The summed E-state index contributed by atoms with van der Waals surface area (Å²) in [6.45, 7) is 0.336. The van der Waals surface area contributed by atoms with Gasteiger partial charge < -0.3 is 14.5 Å². The van der Waals surface area contributed by atoms with Gasteiger partial charge >= 0.3 is 0 Å². The van der Waals surface area contributed by atoms with Crippen molar-refractivity contribution in [3.05, 3.63) is 87.9 Å². The second-order valence-electron chi connectivity index (χ2n) is 8.29. The highest BCUT2D eigenvalue weighted by Gasteiger charge is 2.64. The Labute approximate surface area is 189 Å². The van der Waals surface area contributed by atoms with E-state index in [1.165, 1.54) is 25.5 Å². The minimum absolute atomic E-state index is 0.0711. The van der Waals surface area contributed by atoms with Crippen LogP contribution in [0.25, 0.3) is 0 Å². The van der Waals surface area contributed by atoms with E-state index in [0.717, 1.165) is 0 Å². The molecular formula is C24H21N3O6. The number of furan rings is 1. The van der Waals surface area contributed by atoms with Gasteiger partial charge in [-0.15, -0.1) is 0 Å². The summed E-state index contributed by atoms with van der Waals surface area (Å²) in [4.78, 5) is 40.3. The van der Waals surface area contributed by atoms with Gasteiger partial charge in [-0.1, -0.05) is 12.1 Å². The SMILES string of the molecule is COc1ccc2c(c1)[C@]1(C(=O)N2)[C@@H](C(=O)c2ccco2)[C@@H](c2cccc([N+](=O)[O-])c2)CN1C. The summed E-state index contributed by atoms with van der Waals surface area (Å²) in [7, 11) is 3.32. The molecular weight excluding hydrogens is 426 g/mol. The number of likely N-dealkylation sites (N-methyl/N-ethyl adjacent to an activating group) is 1. The zero-order valence-corrected chi connectivity index (χ0v) is 18.0. The average molecular weight is 447 g/mol. The minimum atomic E-state index is -1.33. The van der Waals surface area contributed by atoms with Crippen LogP contribution in [0.4, 0.5) is 11.4 Å². The average Bonchev–Trinajstić information content (AvgIpc) is 3.52. The number of carbonyl (C=O) groups excluding carboxylic acids is 2. The van der Waals surface area contributed by atoms with Crippen LogP contribution >= 0.6 is 0 Å². The molecule has 0 bridgehead atoms. The lowest BCUT2D eigenvalue weighted by molar-refractivity contribution is -0.384. The summed E-state index contributed by atoms with van der Waals surface area (Å²) in [5, 5.41) is 14.3. The predicted octanol–water partition coefficient (Wildman–Crippen LogP) is 3.57. The van der Waals surface area contributed by atoms with Gasteiger partial charge in [0.15, 0.2) is 5.76 Å². The molecule has 3 atom stereocenters. The minimum Gasteiger partial charge on any atom is -0.497 e. The third-order valence-electron chi connectivity index (χ3n) is 6.71. The molecule has 2 aliphatic rings. The summed E-state index contributed by atoms with van der Waals surface area (Å²) in [5.74, 6) is -1.35. The molecule has 0 unspecified atom stereocenters. The molecule has 1 aromatic heterocycles. The van der Waals surface area contributed by atoms with Crippen LogP contribution in [0.2, 0.25) is 0 Å². The summed E-state index contributed by atoms with van der Waals surface area (Å²) in [5.41, 5.74) is 0.445. The van der Waals surface area contributed by atoms with Crippen LogP contribution in [0.1, 0.15) is 27.6 Å². The van der Waals surface area contributed by atoms with Crippen LogP contribution in [-0.2, 0) is 10.3 Å². The number of fused-ring (bicyclic) bond motifs is 2. The van der Waals surface area contributed by atoms with E-state index in [4.69, 9.17) is 9.15 Å². The standard InChI is InChI=1S/C24H21N3O6/c1-26-13-17(14-5-3-6-15(11-14)27(30)31)21(22(28)20-7-4-10-33-20)24(26)18-12-16(32-2)8-9-19(18)25-23(24)29/h3-12,17,21H,13H2,1-2H3,(H,25,29)/t17-,21-,24-/m1/s1. The van der Waals surface area contributed by atoms with E-state index in [-0.39, 0.29) is 23.1 Å². The number of nitro benzene ring substituents is 1. The van der Waals surface area contributed by atoms with Crippen molar-refractivity contribution < 1.29 is 23.7 Å². The zero-order valence-electron chi connectivity index (χ0n) is 18.0. The molecule has 1 fully saturated rings. The number of non-ortho nitro benzene ring substituents is 1. The van der Waals surface area contributed by atoms with E-state index < -0.39 is 22.3 Å².